The van der Waals surface area contributed by atoms with E-state index in [2.05, 4.69) is 20.9 Å². The van der Waals surface area contributed by atoms with E-state index in [-0.39, 0.29) is 42.5 Å². The molecule has 0 aliphatic heterocycles. The van der Waals surface area contributed by atoms with Gasteiger partial charge < -0.3 is 21.1 Å². The summed E-state index contributed by atoms with van der Waals surface area (Å²) in [5.41, 5.74) is 0. The van der Waals surface area contributed by atoms with E-state index >= 15 is 0 Å². The van der Waals surface area contributed by atoms with Gasteiger partial charge in [-0.25, -0.2) is 9.78 Å². The van der Waals surface area contributed by atoms with Crippen LogP contribution in [0, 0.1) is 0 Å². The zero-order valence-electron chi connectivity index (χ0n) is 12.5. The molecule has 2 rings (SSSR count). The molecule has 1 aliphatic carbocycles. The van der Waals surface area contributed by atoms with Crippen molar-refractivity contribution in [2.75, 3.05) is 11.9 Å². The molecule has 0 aromatic carbocycles. The Morgan fingerprint density at radius 1 is 1.27 bits per heavy atom. The molecule has 120 valence electrons. The number of nitrogens with zero attached hydrogens (tertiary/aromatic N) is 1. The first-order valence-corrected chi connectivity index (χ1v) is 7.63. The number of carbonyl (C=O) groups is 2. The fourth-order valence-corrected chi connectivity index (χ4v) is 2.46. The van der Waals surface area contributed by atoms with Crippen LogP contribution >= 0.6 is 0 Å². The average Bonchev–Trinajstić information content (AvgIpc) is 2.50. The van der Waals surface area contributed by atoms with Gasteiger partial charge in [0.2, 0.25) is 5.91 Å². The van der Waals surface area contributed by atoms with E-state index in [1.807, 2.05) is 0 Å². The third-order valence-corrected chi connectivity index (χ3v) is 3.62. The number of carbonyl (C=O) groups excluding carboxylic acids is 2. The van der Waals surface area contributed by atoms with Crippen LogP contribution in [0.5, 0.6) is 5.75 Å². The highest BCUT2D eigenvalue weighted by Crippen LogP contribution is 2.18. The lowest BCUT2D eigenvalue weighted by molar-refractivity contribution is -0.116. The van der Waals surface area contributed by atoms with Crippen LogP contribution in [0.15, 0.2) is 18.3 Å². The normalized spacial score (nSPS) is 15.1. The Morgan fingerprint density at radius 3 is 2.77 bits per heavy atom. The largest absolute Gasteiger partial charge is 0.504 e. The summed E-state index contributed by atoms with van der Waals surface area (Å²) in [5.74, 6) is -0.273. The molecule has 1 heterocycles. The number of anilines is 1. The lowest BCUT2D eigenvalue weighted by Gasteiger charge is -2.22. The zero-order chi connectivity index (χ0) is 15.8. The van der Waals surface area contributed by atoms with Gasteiger partial charge in [-0.2, -0.15) is 0 Å². The molecule has 0 saturated heterocycles. The summed E-state index contributed by atoms with van der Waals surface area (Å²) in [6.07, 6.45) is 7.18. The molecule has 0 spiro atoms. The third-order valence-electron chi connectivity index (χ3n) is 3.62. The van der Waals surface area contributed by atoms with Crippen LogP contribution in [0.25, 0.3) is 0 Å². The van der Waals surface area contributed by atoms with Crippen LogP contribution in [0.2, 0.25) is 0 Å². The topological polar surface area (TPSA) is 103 Å². The molecule has 0 unspecified atom stereocenters. The molecule has 1 aromatic heterocycles. The predicted molar refractivity (Wildman–Crippen MR) is 82.6 cm³/mol. The minimum absolute atomic E-state index is 0.0844. The van der Waals surface area contributed by atoms with Crippen molar-refractivity contribution < 1.29 is 14.7 Å². The van der Waals surface area contributed by atoms with Crippen LogP contribution in [-0.2, 0) is 4.79 Å². The first kappa shape index (κ1) is 16.1. The molecular formula is C15H22N4O3. The molecular weight excluding hydrogens is 284 g/mol. The van der Waals surface area contributed by atoms with Crippen molar-refractivity contribution in [3.05, 3.63) is 18.3 Å². The van der Waals surface area contributed by atoms with Crippen molar-refractivity contribution in [2.45, 2.75) is 44.6 Å². The van der Waals surface area contributed by atoms with Crippen molar-refractivity contribution in [3.63, 3.8) is 0 Å². The van der Waals surface area contributed by atoms with Crippen LogP contribution in [0.4, 0.5) is 10.6 Å². The first-order valence-electron chi connectivity index (χ1n) is 7.63. The average molecular weight is 306 g/mol. The van der Waals surface area contributed by atoms with Gasteiger partial charge in [0.05, 0.1) is 0 Å². The maximum Gasteiger partial charge on any atom is 0.315 e. The number of rotatable bonds is 5. The van der Waals surface area contributed by atoms with Crippen molar-refractivity contribution in [2.24, 2.45) is 0 Å². The van der Waals surface area contributed by atoms with Crippen LogP contribution < -0.4 is 16.0 Å². The summed E-state index contributed by atoms with van der Waals surface area (Å²) in [6, 6.07) is 3.02. The maximum absolute atomic E-state index is 11.7. The fourth-order valence-electron chi connectivity index (χ4n) is 2.46. The molecule has 22 heavy (non-hydrogen) atoms. The van der Waals surface area contributed by atoms with Crippen molar-refractivity contribution in [3.8, 4) is 5.75 Å². The van der Waals surface area contributed by atoms with E-state index in [4.69, 9.17) is 0 Å². The van der Waals surface area contributed by atoms with Crippen molar-refractivity contribution in [1.82, 2.24) is 15.6 Å². The SMILES string of the molecule is O=C(CCNC(=O)NC1CCCCC1)Nc1ncccc1O. The summed E-state index contributed by atoms with van der Waals surface area (Å²) >= 11 is 0. The molecule has 1 saturated carbocycles. The number of amides is 3. The predicted octanol–water partition coefficient (Wildman–Crippen LogP) is 1.75. The smallest absolute Gasteiger partial charge is 0.315 e. The number of aromatic nitrogens is 1. The Labute approximate surface area is 129 Å². The Balaban J connectivity index is 1.64. The number of nitrogens with one attached hydrogen (secondary N) is 3. The molecule has 7 nitrogen and oxygen atoms in total. The third kappa shape index (κ3) is 5.23. The maximum atomic E-state index is 11.7. The number of aromatic hydroxyl groups is 1. The fraction of sp³-hybridized carbons (Fsp3) is 0.533. The second-order valence-corrected chi connectivity index (χ2v) is 5.40. The zero-order valence-corrected chi connectivity index (χ0v) is 12.5. The molecule has 1 aliphatic rings. The Kier molecular flexibility index (Phi) is 6.00. The van der Waals surface area contributed by atoms with E-state index in [0.29, 0.717) is 0 Å². The molecule has 0 radical (unpaired) electrons. The Bertz CT molecular complexity index is 515. The van der Waals surface area contributed by atoms with Gasteiger partial charge in [-0.1, -0.05) is 19.3 Å². The van der Waals surface area contributed by atoms with E-state index in [1.54, 1.807) is 6.07 Å². The monoisotopic (exact) mass is 306 g/mol. The second-order valence-electron chi connectivity index (χ2n) is 5.40. The highest BCUT2D eigenvalue weighted by Gasteiger charge is 2.15. The molecule has 4 N–H and O–H groups in total. The van der Waals surface area contributed by atoms with Gasteiger partial charge in [0, 0.05) is 25.2 Å². The summed E-state index contributed by atoms with van der Waals surface area (Å²) in [5, 5.41) is 17.6. The van der Waals surface area contributed by atoms with Crippen LogP contribution in [0.1, 0.15) is 38.5 Å². The van der Waals surface area contributed by atoms with Crippen LogP contribution in [-0.4, -0.2) is 34.6 Å². The number of hydrogen-bond donors (Lipinski definition) is 4. The van der Waals surface area contributed by atoms with Gasteiger partial charge in [-0.15, -0.1) is 0 Å². The highest BCUT2D eigenvalue weighted by molar-refractivity contribution is 5.91. The van der Waals surface area contributed by atoms with Crippen molar-refractivity contribution in [1.29, 1.82) is 0 Å². The van der Waals surface area contributed by atoms with Gasteiger partial charge in [0.1, 0.15) is 0 Å². The van der Waals surface area contributed by atoms with Gasteiger partial charge >= 0.3 is 6.03 Å². The van der Waals surface area contributed by atoms with E-state index in [0.717, 1.165) is 25.7 Å². The molecule has 7 heteroatoms. The summed E-state index contributed by atoms with van der Waals surface area (Å²) in [4.78, 5) is 27.3. The lowest BCUT2D eigenvalue weighted by atomic mass is 9.96. The molecule has 1 aromatic rings. The Hall–Kier alpha value is -2.31. The molecule has 1 fully saturated rings. The van der Waals surface area contributed by atoms with Gasteiger partial charge in [-0.05, 0) is 25.0 Å². The van der Waals surface area contributed by atoms with E-state index in [9.17, 15) is 14.7 Å². The summed E-state index contributed by atoms with van der Waals surface area (Å²) in [7, 11) is 0. The molecule has 0 atom stereocenters. The van der Waals surface area contributed by atoms with Gasteiger partial charge in [-0.3, -0.25) is 4.79 Å². The standard InChI is InChI=1S/C15H22N4O3/c20-12-7-4-9-16-14(12)19-13(21)8-10-17-15(22)18-11-5-2-1-3-6-11/h4,7,9,11,20H,1-3,5-6,8,10H2,(H,16,19,21)(H2,17,18,22). The number of urea groups is 1. The minimum atomic E-state index is -0.313. The molecule has 3 amide bonds. The lowest BCUT2D eigenvalue weighted by Crippen LogP contribution is -2.43. The quantitative estimate of drug-likeness (QED) is 0.665. The minimum Gasteiger partial charge on any atom is -0.504 e. The molecule has 0 bridgehead atoms. The number of hydrogen-bond acceptors (Lipinski definition) is 4. The van der Waals surface area contributed by atoms with Crippen LogP contribution in [0.3, 0.4) is 0 Å². The van der Waals surface area contributed by atoms with E-state index in [1.165, 1.54) is 18.7 Å². The number of pyridine rings is 1. The first-order chi connectivity index (χ1) is 10.6. The van der Waals surface area contributed by atoms with Gasteiger partial charge in [0.15, 0.2) is 11.6 Å². The Morgan fingerprint density at radius 2 is 2.05 bits per heavy atom. The summed E-state index contributed by atoms with van der Waals surface area (Å²) < 4.78 is 0. The summed E-state index contributed by atoms with van der Waals surface area (Å²) in [6.45, 7) is 0.234. The highest BCUT2D eigenvalue weighted by atomic mass is 16.3. The van der Waals surface area contributed by atoms with Gasteiger partial charge in [0.25, 0.3) is 0 Å². The van der Waals surface area contributed by atoms with Crippen molar-refractivity contribution >= 4 is 17.8 Å². The second kappa shape index (κ2) is 8.21. The van der Waals surface area contributed by atoms with E-state index < -0.39 is 0 Å².